The topological polar surface area (TPSA) is 105 Å². The van der Waals surface area contributed by atoms with Gasteiger partial charge in [0, 0.05) is 5.02 Å². The Kier molecular flexibility index (Phi) is 6.85. The van der Waals surface area contributed by atoms with Crippen LogP contribution in [0.3, 0.4) is 0 Å². The van der Waals surface area contributed by atoms with Gasteiger partial charge in [0.2, 0.25) is 5.91 Å². The quantitative estimate of drug-likeness (QED) is 0.678. The minimum absolute atomic E-state index is 0.284. The highest BCUT2D eigenvalue weighted by atomic mass is 35.5. The molecule has 2 unspecified atom stereocenters. The van der Waals surface area contributed by atoms with E-state index in [4.69, 9.17) is 16.3 Å². The summed E-state index contributed by atoms with van der Waals surface area (Å²) in [7, 11) is 0. The fourth-order valence-corrected chi connectivity index (χ4v) is 3.25. The first-order valence-electron chi connectivity index (χ1n) is 8.50. The van der Waals surface area contributed by atoms with Crippen LogP contribution in [0.5, 0.6) is 5.75 Å². The number of aliphatic carboxylic acids is 1. The third kappa shape index (κ3) is 5.11. The van der Waals surface area contributed by atoms with Gasteiger partial charge in [-0.2, -0.15) is 0 Å². The molecule has 2 amide bonds. The second kappa shape index (κ2) is 8.89. The number of benzene rings is 1. The van der Waals surface area contributed by atoms with Crippen LogP contribution in [0.25, 0.3) is 0 Å². The number of hydrogen-bond donors (Lipinski definition) is 3. The summed E-state index contributed by atoms with van der Waals surface area (Å²) in [5, 5.41) is 9.86. The van der Waals surface area contributed by atoms with Crippen molar-refractivity contribution in [3.8, 4) is 5.75 Å². The molecule has 142 valence electrons. The smallest absolute Gasteiger partial charge is 0.307 e. The lowest BCUT2D eigenvalue weighted by molar-refractivity contribution is -0.149. The molecule has 0 aliphatic heterocycles. The van der Waals surface area contributed by atoms with E-state index >= 15 is 0 Å². The lowest BCUT2D eigenvalue weighted by Crippen LogP contribution is -2.49. The van der Waals surface area contributed by atoms with Crippen LogP contribution in [0.1, 0.15) is 36.8 Å². The molecule has 0 radical (unpaired) electrons. The predicted octanol–water partition coefficient (Wildman–Crippen LogP) is 2.37. The number of hydrogen-bond acceptors (Lipinski definition) is 4. The van der Waals surface area contributed by atoms with Gasteiger partial charge in [-0.1, -0.05) is 24.4 Å². The van der Waals surface area contributed by atoms with Crippen molar-refractivity contribution in [3.05, 3.63) is 28.3 Å². The Hall–Kier alpha value is -2.28. The highest BCUT2D eigenvalue weighted by Crippen LogP contribution is 2.30. The number of nitrogens with one attached hydrogen (secondary N) is 2. The number of hydrazine groups is 1. The van der Waals surface area contributed by atoms with Gasteiger partial charge in [-0.15, -0.1) is 0 Å². The van der Waals surface area contributed by atoms with Crippen molar-refractivity contribution in [1.29, 1.82) is 0 Å². The van der Waals surface area contributed by atoms with E-state index in [2.05, 4.69) is 10.9 Å². The Labute approximate surface area is 157 Å². The van der Waals surface area contributed by atoms with Crippen LogP contribution in [-0.4, -0.2) is 29.5 Å². The second-order valence-corrected chi connectivity index (χ2v) is 6.91. The maximum absolute atomic E-state index is 12.2. The van der Waals surface area contributed by atoms with E-state index in [1.807, 2.05) is 13.8 Å². The molecule has 1 aromatic carbocycles. The molecule has 0 heterocycles. The van der Waals surface area contributed by atoms with E-state index < -0.39 is 29.6 Å². The number of amides is 2. The molecule has 26 heavy (non-hydrogen) atoms. The summed E-state index contributed by atoms with van der Waals surface area (Å²) >= 11 is 6.08. The van der Waals surface area contributed by atoms with Crippen molar-refractivity contribution in [2.45, 2.75) is 39.5 Å². The van der Waals surface area contributed by atoms with Gasteiger partial charge in [-0.05, 0) is 49.9 Å². The Morgan fingerprint density at radius 3 is 2.27 bits per heavy atom. The third-order valence-corrected chi connectivity index (χ3v) is 5.12. The van der Waals surface area contributed by atoms with Gasteiger partial charge in [-0.25, -0.2) is 0 Å². The van der Waals surface area contributed by atoms with E-state index in [0.717, 1.165) is 24.0 Å². The molecule has 1 aliphatic rings. The fraction of sp³-hybridized carbons (Fsp3) is 0.500. The van der Waals surface area contributed by atoms with Crippen molar-refractivity contribution in [2.24, 2.45) is 11.8 Å². The third-order valence-electron chi connectivity index (χ3n) is 4.52. The first kappa shape index (κ1) is 20.0. The zero-order valence-corrected chi connectivity index (χ0v) is 15.6. The van der Waals surface area contributed by atoms with Gasteiger partial charge in [-0.3, -0.25) is 25.2 Å². The summed E-state index contributed by atoms with van der Waals surface area (Å²) in [4.78, 5) is 35.3. The van der Waals surface area contributed by atoms with Crippen LogP contribution in [0.4, 0.5) is 0 Å². The summed E-state index contributed by atoms with van der Waals surface area (Å²) in [6, 6.07) is 3.45. The number of ether oxygens (including phenoxy) is 1. The van der Waals surface area contributed by atoms with Crippen LogP contribution in [-0.2, 0) is 14.4 Å². The number of carbonyl (C=O) groups is 3. The molecule has 1 aromatic rings. The standard InChI is InChI=1S/C18H23ClN2O5/c1-10-7-12(8-11(2)16(10)19)26-9-15(22)20-21-17(23)13-5-3-4-6-14(13)18(24)25/h7-8,13-14H,3-6,9H2,1-2H3,(H,20,22)(H,21,23)(H,24,25). The maximum Gasteiger partial charge on any atom is 0.307 e. The molecule has 0 spiro atoms. The average molecular weight is 383 g/mol. The normalized spacial score (nSPS) is 19.5. The van der Waals surface area contributed by atoms with Gasteiger partial charge in [0.15, 0.2) is 6.61 Å². The Morgan fingerprint density at radius 2 is 1.69 bits per heavy atom. The highest BCUT2D eigenvalue weighted by molar-refractivity contribution is 6.32. The van der Waals surface area contributed by atoms with E-state index in [9.17, 15) is 19.5 Å². The highest BCUT2D eigenvalue weighted by Gasteiger charge is 2.35. The minimum Gasteiger partial charge on any atom is -0.484 e. The molecule has 1 saturated carbocycles. The molecule has 0 bridgehead atoms. The van der Waals surface area contributed by atoms with E-state index in [0.29, 0.717) is 23.6 Å². The minimum atomic E-state index is -0.979. The molecule has 3 N–H and O–H groups in total. The number of carboxylic acid groups (broad SMARTS) is 1. The number of carbonyl (C=O) groups excluding carboxylic acids is 2. The van der Waals surface area contributed by atoms with Crippen molar-refractivity contribution >= 4 is 29.4 Å². The van der Waals surface area contributed by atoms with Crippen molar-refractivity contribution < 1.29 is 24.2 Å². The molecule has 8 heteroatoms. The lowest BCUT2D eigenvalue weighted by atomic mass is 9.79. The zero-order chi connectivity index (χ0) is 19.3. The van der Waals surface area contributed by atoms with Gasteiger partial charge >= 0.3 is 5.97 Å². The summed E-state index contributed by atoms with van der Waals surface area (Å²) in [6.07, 6.45) is 2.56. The van der Waals surface area contributed by atoms with Crippen LogP contribution in [0, 0.1) is 25.7 Å². The molecule has 7 nitrogen and oxygen atoms in total. The Bertz CT molecular complexity index is 684. The average Bonchev–Trinajstić information content (AvgIpc) is 2.62. The SMILES string of the molecule is Cc1cc(OCC(=O)NNC(=O)C2CCCCC2C(=O)O)cc(C)c1Cl. The van der Waals surface area contributed by atoms with Crippen molar-refractivity contribution in [2.75, 3.05) is 6.61 Å². The van der Waals surface area contributed by atoms with Crippen molar-refractivity contribution in [1.82, 2.24) is 10.9 Å². The molecule has 0 aromatic heterocycles. The van der Waals surface area contributed by atoms with Gasteiger partial charge < -0.3 is 9.84 Å². The summed E-state index contributed by atoms with van der Waals surface area (Å²) in [6.45, 7) is 3.39. The Balaban J connectivity index is 1.83. The summed E-state index contributed by atoms with van der Waals surface area (Å²) in [5.74, 6) is -2.84. The van der Waals surface area contributed by atoms with Crippen LogP contribution < -0.4 is 15.6 Å². The van der Waals surface area contributed by atoms with Crippen LogP contribution in [0.15, 0.2) is 12.1 Å². The first-order valence-corrected chi connectivity index (χ1v) is 8.88. The number of halogens is 1. The van der Waals surface area contributed by atoms with Crippen LogP contribution in [0.2, 0.25) is 5.02 Å². The number of aryl methyl sites for hydroxylation is 2. The first-order chi connectivity index (χ1) is 12.3. The molecule has 1 fully saturated rings. The zero-order valence-electron chi connectivity index (χ0n) is 14.8. The van der Waals surface area contributed by atoms with E-state index in [-0.39, 0.29) is 6.61 Å². The van der Waals surface area contributed by atoms with E-state index in [1.165, 1.54) is 0 Å². The summed E-state index contributed by atoms with van der Waals surface area (Å²) in [5.41, 5.74) is 6.25. The monoisotopic (exact) mass is 382 g/mol. The fourth-order valence-electron chi connectivity index (χ4n) is 3.14. The molecule has 2 rings (SSSR count). The molecule has 1 aliphatic carbocycles. The van der Waals surface area contributed by atoms with Crippen molar-refractivity contribution in [3.63, 3.8) is 0 Å². The predicted molar refractivity (Wildman–Crippen MR) is 95.8 cm³/mol. The number of carboxylic acids is 1. The molecular formula is C18H23ClN2O5. The molecule has 2 atom stereocenters. The summed E-state index contributed by atoms with van der Waals surface area (Å²) < 4.78 is 5.41. The van der Waals surface area contributed by atoms with E-state index in [1.54, 1.807) is 12.1 Å². The maximum atomic E-state index is 12.2. The van der Waals surface area contributed by atoms with Crippen LogP contribution >= 0.6 is 11.6 Å². The molecular weight excluding hydrogens is 360 g/mol. The second-order valence-electron chi connectivity index (χ2n) is 6.53. The lowest BCUT2D eigenvalue weighted by Gasteiger charge is -2.27. The Morgan fingerprint density at radius 1 is 1.12 bits per heavy atom. The van der Waals surface area contributed by atoms with Gasteiger partial charge in [0.25, 0.3) is 5.91 Å². The molecule has 0 saturated heterocycles. The van der Waals surface area contributed by atoms with Gasteiger partial charge in [0.05, 0.1) is 11.8 Å². The largest absolute Gasteiger partial charge is 0.484 e. The number of rotatable bonds is 5. The van der Waals surface area contributed by atoms with Gasteiger partial charge in [0.1, 0.15) is 5.75 Å².